The first-order valence-corrected chi connectivity index (χ1v) is 10.4. The molecule has 0 radical (unpaired) electrons. The lowest BCUT2D eigenvalue weighted by molar-refractivity contribution is -0.688. The van der Waals surface area contributed by atoms with Crippen LogP contribution in [0.15, 0.2) is 29.2 Å². The molecule has 0 bridgehead atoms. The van der Waals surface area contributed by atoms with Crippen molar-refractivity contribution in [3.8, 4) is 0 Å². The maximum atomic E-state index is 12.4. The Morgan fingerprint density at radius 1 is 1.43 bits per heavy atom. The summed E-state index contributed by atoms with van der Waals surface area (Å²) >= 11 is 1.46. The zero-order chi connectivity index (χ0) is 21.7. The van der Waals surface area contributed by atoms with E-state index in [0.29, 0.717) is 5.57 Å². The van der Waals surface area contributed by atoms with Crippen molar-refractivity contribution in [1.29, 1.82) is 0 Å². The number of hydrogen-bond acceptors (Lipinski definition) is 7. The summed E-state index contributed by atoms with van der Waals surface area (Å²) in [4.78, 5) is 37.7. The van der Waals surface area contributed by atoms with Crippen molar-refractivity contribution in [2.75, 3.05) is 6.61 Å². The maximum absolute atomic E-state index is 12.4. The number of aliphatic hydroxyl groups excluding tert-OH is 2. The number of hydrogen-bond donors (Lipinski definition) is 3. The second-order valence-electron chi connectivity index (χ2n) is 7.70. The SMILES string of the molecule is C[C@@H](O)[C@H]1C(=O)N2C(C(=O)[O-])=C(C[n+]3cc4scc(CNC(=O)CO)n4c3)[C@H](C)[C@H]12. The highest BCUT2D eigenvalue weighted by Gasteiger charge is 2.58. The van der Waals surface area contributed by atoms with Crippen LogP contribution >= 0.6 is 11.3 Å². The van der Waals surface area contributed by atoms with Gasteiger partial charge >= 0.3 is 0 Å². The number of fused-ring (bicyclic) bond motifs is 2. The zero-order valence-electron chi connectivity index (χ0n) is 16.4. The number of carbonyl (C=O) groups excluding carboxylic acids is 3. The Morgan fingerprint density at radius 2 is 2.17 bits per heavy atom. The van der Waals surface area contributed by atoms with Gasteiger partial charge in [0, 0.05) is 16.9 Å². The fourth-order valence-electron chi connectivity index (χ4n) is 4.43. The van der Waals surface area contributed by atoms with E-state index in [1.165, 1.54) is 23.2 Å². The van der Waals surface area contributed by atoms with Crippen molar-refractivity contribution in [2.24, 2.45) is 11.8 Å². The molecule has 10 nitrogen and oxygen atoms in total. The number of carbonyl (C=O) groups is 3. The molecule has 0 aliphatic carbocycles. The lowest BCUT2D eigenvalue weighted by atomic mass is 9.78. The van der Waals surface area contributed by atoms with Gasteiger partial charge in [-0.05, 0) is 6.92 Å². The lowest BCUT2D eigenvalue weighted by Gasteiger charge is -2.47. The van der Waals surface area contributed by atoms with Gasteiger partial charge in [0.05, 0.1) is 36.3 Å². The number of aliphatic hydroxyl groups is 2. The number of imidazole rings is 1. The van der Waals surface area contributed by atoms with Gasteiger partial charge in [-0.15, -0.1) is 0 Å². The summed E-state index contributed by atoms with van der Waals surface area (Å²) in [5, 5.41) is 35.1. The van der Waals surface area contributed by atoms with Crippen molar-refractivity contribution in [2.45, 2.75) is 39.1 Å². The van der Waals surface area contributed by atoms with Crippen molar-refractivity contribution in [1.82, 2.24) is 14.6 Å². The molecule has 160 valence electrons. The first kappa shape index (κ1) is 20.5. The van der Waals surface area contributed by atoms with Crippen LogP contribution in [0, 0.1) is 11.8 Å². The Balaban J connectivity index is 1.61. The summed E-state index contributed by atoms with van der Waals surface area (Å²) in [5.41, 5.74) is 1.29. The average molecular weight is 434 g/mol. The van der Waals surface area contributed by atoms with Crippen LogP contribution in [-0.4, -0.2) is 56.1 Å². The minimum absolute atomic E-state index is 0.105. The van der Waals surface area contributed by atoms with Gasteiger partial charge in [-0.25, -0.2) is 4.57 Å². The number of amides is 2. The highest BCUT2D eigenvalue weighted by Crippen LogP contribution is 2.46. The van der Waals surface area contributed by atoms with Gasteiger partial charge in [-0.3, -0.25) is 9.59 Å². The van der Waals surface area contributed by atoms with E-state index in [9.17, 15) is 24.6 Å². The van der Waals surface area contributed by atoms with Crippen LogP contribution in [0.5, 0.6) is 0 Å². The maximum Gasteiger partial charge on any atom is 0.250 e. The van der Waals surface area contributed by atoms with Gasteiger partial charge in [0.1, 0.15) is 25.0 Å². The van der Waals surface area contributed by atoms with Crippen LogP contribution in [0.2, 0.25) is 0 Å². The number of carboxylic acid groups (broad SMARTS) is 1. The third kappa shape index (κ3) is 3.09. The molecular formula is C19H22N4O6S. The molecule has 2 aliphatic heterocycles. The van der Waals surface area contributed by atoms with E-state index in [1.54, 1.807) is 6.33 Å². The minimum Gasteiger partial charge on any atom is -0.543 e. The summed E-state index contributed by atoms with van der Waals surface area (Å²) in [5.74, 6) is -3.11. The van der Waals surface area contributed by atoms with Crippen LogP contribution in [0.1, 0.15) is 19.5 Å². The Kier molecular flexibility index (Phi) is 5.12. The second kappa shape index (κ2) is 7.49. The minimum atomic E-state index is -1.40. The van der Waals surface area contributed by atoms with Crippen molar-refractivity contribution >= 4 is 34.0 Å². The molecule has 4 heterocycles. The quantitative estimate of drug-likeness (QED) is 0.333. The van der Waals surface area contributed by atoms with Crippen molar-refractivity contribution in [3.63, 3.8) is 0 Å². The predicted octanol–water partition coefficient (Wildman–Crippen LogP) is -2.24. The molecule has 0 aromatic carbocycles. The van der Waals surface area contributed by atoms with E-state index >= 15 is 0 Å². The Bertz CT molecular complexity index is 1070. The first-order valence-electron chi connectivity index (χ1n) is 9.55. The fourth-order valence-corrected chi connectivity index (χ4v) is 5.36. The molecule has 3 N–H and O–H groups in total. The van der Waals surface area contributed by atoms with Crippen molar-refractivity contribution < 1.29 is 34.3 Å². The summed E-state index contributed by atoms with van der Waals surface area (Å²) in [6.45, 7) is 3.32. The van der Waals surface area contributed by atoms with Crippen molar-refractivity contribution in [3.05, 3.63) is 34.9 Å². The molecule has 2 aromatic heterocycles. The zero-order valence-corrected chi connectivity index (χ0v) is 17.3. The molecule has 2 aromatic rings. The largest absolute Gasteiger partial charge is 0.543 e. The Morgan fingerprint density at radius 3 is 2.80 bits per heavy atom. The molecule has 30 heavy (non-hydrogen) atoms. The van der Waals surface area contributed by atoms with Gasteiger partial charge in [0.2, 0.25) is 23.0 Å². The fraction of sp³-hybridized carbons (Fsp3) is 0.474. The van der Waals surface area contributed by atoms with Gasteiger partial charge in [-0.2, -0.15) is 4.40 Å². The van der Waals surface area contributed by atoms with Crippen LogP contribution in [0.4, 0.5) is 0 Å². The molecule has 4 atom stereocenters. The highest BCUT2D eigenvalue weighted by molar-refractivity contribution is 7.15. The van der Waals surface area contributed by atoms with E-state index in [2.05, 4.69) is 5.32 Å². The molecule has 2 aliphatic rings. The normalized spacial score (nSPS) is 24.2. The molecule has 2 amide bonds. The standard InChI is InChI=1S/C19H22N4O6S/c1-9-12(17(19(28)29)23-16(9)15(10(2)25)18(23)27)4-21-5-14-22(8-21)11(7-30-14)3-20-13(26)6-24/h5,7-10,15-16,24-25H,3-4,6H2,1-2H3,(H-,20,26,28,29)/t9-,10+,15+,16+/m0/s1. The van der Waals surface area contributed by atoms with E-state index in [0.717, 1.165) is 10.5 Å². The molecule has 1 saturated heterocycles. The lowest BCUT2D eigenvalue weighted by Crippen LogP contribution is -2.64. The third-order valence-corrected chi connectivity index (χ3v) is 6.81. The van der Waals surface area contributed by atoms with Gasteiger partial charge in [-0.1, -0.05) is 18.3 Å². The Hall–Kier alpha value is -2.76. The molecule has 11 heteroatoms. The number of thiazole rings is 1. The molecule has 0 saturated carbocycles. The van der Waals surface area contributed by atoms with Crippen LogP contribution in [0.3, 0.4) is 0 Å². The van der Waals surface area contributed by atoms with Crippen LogP contribution in [-0.2, 0) is 27.5 Å². The molecular weight excluding hydrogens is 412 g/mol. The summed E-state index contributed by atoms with van der Waals surface area (Å²) in [6, 6.07) is -0.381. The number of nitrogens with zero attached hydrogens (tertiary/aromatic N) is 3. The predicted molar refractivity (Wildman–Crippen MR) is 101 cm³/mol. The number of aliphatic carboxylic acids is 1. The number of carboxylic acids is 1. The second-order valence-corrected chi connectivity index (χ2v) is 8.59. The number of β-lactam (4-membered cyclic amide) rings is 1. The van der Waals surface area contributed by atoms with E-state index < -0.39 is 30.5 Å². The average Bonchev–Trinajstić information content (AvgIpc) is 3.31. The molecule has 0 unspecified atom stereocenters. The first-order chi connectivity index (χ1) is 14.2. The topological polar surface area (TPSA) is 138 Å². The summed E-state index contributed by atoms with van der Waals surface area (Å²) < 4.78 is 3.70. The Labute approximate surface area is 175 Å². The van der Waals surface area contributed by atoms with Gasteiger partial charge in [0.15, 0.2) is 0 Å². The molecule has 1 fully saturated rings. The van der Waals surface area contributed by atoms with E-state index in [-0.39, 0.29) is 36.7 Å². The molecule has 0 spiro atoms. The summed E-state index contributed by atoms with van der Waals surface area (Å²) in [6.07, 6.45) is 2.80. The highest BCUT2D eigenvalue weighted by atomic mass is 32.1. The van der Waals surface area contributed by atoms with Crippen LogP contribution in [0.25, 0.3) is 4.83 Å². The number of aromatic nitrogens is 2. The summed E-state index contributed by atoms with van der Waals surface area (Å²) in [7, 11) is 0. The molecule has 4 rings (SSSR count). The van der Waals surface area contributed by atoms with Crippen LogP contribution < -0.4 is 15.0 Å². The monoisotopic (exact) mass is 434 g/mol. The van der Waals surface area contributed by atoms with E-state index in [4.69, 9.17) is 5.11 Å². The van der Waals surface area contributed by atoms with Gasteiger partial charge < -0.3 is 30.3 Å². The van der Waals surface area contributed by atoms with Gasteiger partial charge in [0.25, 0.3) is 0 Å². The van der Waals surface area contributed by atoms with E-state index in [1.807, 2.05) is 27.5 Å². The third-order valence-electron chi connectivity index (χ3n) is 5.87. The smallest absolute Gasteiger partial charge is 0.250 e. The number of nitrogens with one attached hydrogen (secondary N) is 1. The number of rotatable bonds is 7.